The van der Waals surface area contributed by atoms with Crippen LogP contribution in [0.2, 0.25) is 0 Å². The largest absolute Gasteiger partial charge is 0.449 e. The van der Waals surface area contributed by atoms with Crippen LogP contribution in [0.15, 0.2) is 30.3 Å². The standard InChI is InChI=1S/C11H15NO3/c1-3-15-11(13)12(9-14-2)10-7-5-4-6-8-10/h4-8H,3,9H2,1-2H3. The summed E-state index contributed by atoms with van der Waals surface area (Å²) in [5, 5.41) is 0. The molecule has 1 aromatic carbocycles. The Hall–Kier alpha value is -1.55. The van der Waals surface area contributed by atoms with Crippen molar-refractivity contribution < 1.29 is 14.3 Å². The van der Waals surface area contributed by atoms with Crippen molar-refractivity contribution in [1.82, 2.24) is 0 Å². The van der Waals surface area contributed by atoms with E-state index in [2.05, 4.69) is 0 Å². The van der Waals surface area contributed by atoms with Gasteiger partial charge in [-0.1, -0.05) is 18.2 Å². The molecule has 0 saturated heterocycles. The van der Waals surface area contributed by atoms with Crippen molar-refractivity contribution in [1.29, 1.82) is 0 Å². The minimum absolute atomic E-state index is 0.183. The molecule has 0 N–H and O–H groups in total. The highest BCUT2D eigenvalue weighted by molar-refractivity contribution is 5.87. The number of carbonyl (C=O) groups is 1. The lowest BCUT2D eigenvalue weighted by Gasteiger charge is -2.20. The molecular formula is C11H15NO3. The third-order valence-electron chi connectivity index (χ3n) is 1.81. The topological polar surface area (TPSA) is 38.8 Å². The number of amides is 1. The van der Waals surface area contributed by atoms with Crippen molar-refractivity contribution in [2.45, 2.75) is 6.92 Å². The van der Waals surface area contributed by atoms with Gasteiger partial charge >= 0.3 is 6.09 Å². The fraction of sp³-hybridized carbons (Fsp3) is 0.364. The number of nitrogens with zero attached hydrogens (tertiary/aromatic N) is 1. The van der Waals surface area contributed by atoms with Gasteiger partial charge in [0.1, 0.15) is 6.73 Å². The average molecular weight is 209 g/mol. The zero-order chi connectivity index (χ0) is 11.1. The fourth-order valence-corrected chi connectivity index (χ4v) is 1.17. The number of para-hydroxylation sites is 1. The molecule has 0 aliphatic heterocycles. The summed E-state index contributed by atoms with van der Waals surface area (Å²) < 4.78 is 9.87. The molecular weight excluding hydrogens is 194 g/mol. The predicted octanol–water partition coefficient (Wildman–Crippen LogP) is 2.25. The molecule has 1 amide bonds. The van der Waals surface area contributed by atoms with E-state index in [0.29, 0.717) is 6.61 Å². The van der Waals surface area contributed by atoms with Gasteiger partial charge in [0.25, 0.3) is 0 Å². The monoisotopic (exact) mass is 209 g/mol. The van der Waals surface area contributed by atoms with Crippen LogP contribution in [-0.4, -0.2) is 26.5 Å². The summed E-state index contributed by atoms with van der Waals surface area (Å²) in [5.41, 5.74) is 0.762. The van der Waals surface area contributed by atoms with E-state index in [4.69, 9.17) is 9.47 Å². The van der Waals surface area contributed by atoms with E-state index < -0.39 is 6.09 Å². The molecule has 0 aliphatic carbocycles. The van der Waals surface area contributed by atoms with Gasteiger partial charge in [-0.15, -0.1) is 0 Å². The zero-order valence-electron chi connectivity index (χ0n) is 8.97. The van der Waals surface area contributed by atoms with Gasteiger partial charge in [0, 0.05) is 12.8 Å². The van der Waals surface area contributed by atoms with Crippen molar-refractivity contribution in [3.8, 4) is 0 Å². The summed E-state index contributed by atoms with van der Waals surface area (Å²) >= 11 is 0. The van der Waals surface area contributed by atoms with E-state index in [1.54, 1.807) is 6.92 Å². The van der Waals surface area contributed by atoms with E-state index in [0.717, 1.165) is 5.69 Å². The van der Waals surface area contributed by atoms with E-state index in [-0.39, 0.29) is 6.73 Å². The van der Waals surface area contributed by atoms with Crippen LogP contribution in [0.4, 0.5) is 10.5 Å². The first-order valence-electron chi connectivity index (χ1n) is 4.78. The predicted molar refractivity (Wildman–Crippen MR) is 57.8 cm³/mol. The van der Waals surface area contributed by atoms with Gasteiger partial charge in [0.05, 0.1) is 6.61 Å². The molecule has 0 heterocycles. The minimum Gasteiger partial charge on any atom is -0.449 e. The summed E-state index contributed by atoms with van der Waals surface area (Å²) in [6.45, 7) is 2.31. The fourth-order valence-electron chi connectivity index (χ4n) is 1.17. The number of hydrogen-bond donors (Lipinski definition) is 0. The van der Waals surface area contributed by atoms with Crippen LogP contribution in [0, 0.1) is 0 Å². The highest BCUT2D eigenvalue weighted by Crippen LogP contribution is 2.13. The lowest BCUT2D eigenvalue weighted by atomic mass is 10.3. The van der Waals surface area contributed by atoms with E-state index in [9.17, 15) is 4.79 Å². The van der Waals surface area contributed by atoms with Crippen LogP contribution >= 0.6 is 0 Å². The first-order valence-corrected chi connectivity index (χ1v) is 4.78. The Morgan fingerprint density at radius 1 is 1.33 bits per heavy atom. The van der Waals surface area contributed by atoms with Crippen molar-refractivity contribution in [2.75, 3.05) is 25.3 Å². The molecule has 1 rings (SSSR count). The second-order valence-corrected chi connectivity index (χ2v) is 2.88. The number of rotatable bonds is 4. The van der Waals surface area contributed by atoms with Gasteiger partial charge in [-0.25, -0.2) is 4.79 Å². The van der Waals surface area contributed by atoms with Gasteiger partial charge in [-0.3, -0.25) is 4.90 Å². The summed E-state index contributed by atoms with van der Waals surface area (Å²) in [4.78, 5) is 13.0. The summed E-state index contributed by atoms with van der Waals surface area (Å²) in [7, 11) is 1.54. The first kappa shape index (κ1) is 11.5. The molecule has 0 saturated carbocycles. The van der Waals surface area contributed by atoms with Crippen molar-refractivity contribution in [3.05, 3.63) is 30.3 Å². The Labute approximate surface area is 89.4 Å². The van der Waals surface area contributed by atoms with E-state index >= 15 is 0 Å². The third-order valence-corrected chi connectivity index (χ3v) is 1.81. The second kappa shape index (κ2) is 6.03. The lowest BCUT2D eigenvalue weighted by Crippen LogP contribution is -2.33. The van der Waals surface area contributed by atoms with Gasteiger partial charge < -0.3 is 9.47 Å². The lowest BCUT2D eigenvalue weighted by molar-refractivity contribution is 0.140. The summed E-state index contributed by atoms with van der Waals surface area (Å²) in [5.74, 6) is 0. The molecule has 15 heavy (non-hydrogen) atoms. The van der Waals surface area contributed by atoms with Crippen molar-refractivity contribution in [2.24, 2.45) is 0 Å². The molecule has 1 aromatic rings. The molecule has 4 nitrogen and oxygen atoms in total. The molecule has 4 heteroatoms. The van der Waals surface area contributed by atoms with Crippen LogP contribution in [0.5, 0.6) is 0 Å². The third kappa shape index (κ3) is 3.25. The summed E-state index contributed by atoms with van der Waals surface area (Å²) in [6, 6.07) is 9.26. The van der Waals surface area contributed by atoms with Crippen molar-refractivity contribution >= 4 is 11.8 Å². The molecule has 0 unspecified atom stereocenters. The van der Waals surface area contributed by atoms with Crippen LogP contribution in [-0.2, 0) is 9.47 Å². The number of anilines is 1. The molecule has 82 valence electrons. The van der Waals surface area contributed by atoms with Gasteiger partial charge in [0.15, 0.2) is 0 Å². The first-order chi connectivity index (χ1) is 7.29. The smallest absolute Gasteiger partial charge is 0.416 e. The summed E-state index contributed by atoms with van der Waals surface area (Å²) in [6.07, 6.45) is -0.398. The van der Waals surface area contributed by atoms with E-state index in [1.807, 2.05) is 30.3 Å². The number of carbonyl (C=O) groups excluding carboxylic acids is 1. The van der Waals surface area contributed by atoms with Crippen LogP contribution < -0.4 is 4.90 Å². The minimum atomic E-state index is -0.398. The highest BCUT2D eigenvalue weighted by Gasteiger charge is 2.15. The Bertz CT molecular complexity index is 300. The molecule has 0 bridgehead atoms. The van der Waals surface area contributed by atoms with Gasteiger partial charge in [-0.2, -0.15) is 0 Å². The number of hydrogen-bond acceptors (Lipinski definition) is 3. The maximum absolute atomic E-state index is 11.6. The molecule has 0 atom stereocenters. The molecule has 0 aliphatic rings. The van der Waals surface area contributed by atoms with Crippen LogP contribution in [0.1, 0.15) is 6.92 Å². The second-order valence-electron chi connectivity index (χ2n) is 2.88. The van der Waals surface area contributed by atoms with Gasteiger partial charge in [-0.05, 0) is 19.1 Å². The number of ether oxygens (including phenoxy) is 2. The number of methoxy groups -OCH3 is 1. The highest BCUT2D eigenvalue weighted by atomic mass is 16.6. The average Bonchev–Trinajstić information content (AvgIpc) is 2.27. The maximum atomic E-state index is 11.6. The zero-order valence-corrected chi connectivity index (χ0v) is 8.97. The maximum Gasteiger partial charge on any atom is 0.416 e. The molecule has 0 spiro atoms. The Balaban J connectivity index is 2.78. The Morgan fingerprint density at radius 3 is 2.53 bits per heavy atom. The van der Waals surface area contributed by atoms with Gasteiger partial charge in [0.2, 0.25) is 0 Å². The quantitative estimate of drug-likeness (QED) is 0.714. The normalized spacial score (nSPS) is 9.73. The van der Waals surface area contributed by atoms with Crippen LogP contribution in [0.25, 0.3) is 0 Å². The molecule has 0 aromatic heterocycles. The van der Waals surface area contributed by atoms with Crippen molar-refractivity contribution in [3.63, 3.8) is 0 Å². The van der Waals surface area contributed by atoms with E-state index in [1.165, 1.54) is 12.0 Å². The van der Waals surface area contributed by atoms with Crippen LogP contribution in [0.3, 0.4) is 0 Å². The molecule has 0 fully saturated rings. The SMILES string of the molecule is CCOC(=O)N(COC)c1ccccc1. The molecule has 0 radical (unpaired) electrons. The Morgan fingerprint density at radius 2 is 2.00 bits per heavy atom. The number of benzene rings is 1. The Kier molecular flexibility index (Phi) is 4.63.